The van der Waals surface area contributed by atoms with Crippen molar-refractivity contribution in [1.82, 2.24) is 10.2 Å². The van der Waals surface area contributed by atoms with E-state index in [4.69, 9.17) is 4.74 Å². The van der Waals surface area contributed by atoms with Gasteiger partial charge in [-0.3, -0.25) is 4.90 Å². The average Bonchev–Trinajstić information content (AvgIpc) is 2.87. The minimum absolute atomic E-state index is 0.782. The highest BCUT2D eigenvalue weighted by Gasteiger charge is 2.36. The van der Waals surface area contributed by atoms with Crippen molar-refractivity contribution >= 4 is 0 Å². The highest BCUT2D eigenvalue weighted by atomic mass is 16.5. The van der Waals surface area contributed by atoms with Crippen molar-refractivity contribution in [3.05, 3.63) is 0 Å². The van der Waals surface area contributed by atoms with E-state index in [1.165, 1.54) is 58.2 Å². The zero-order valence-electron chi connectivity index (χ0n) is 10.6. The largest absolute Gasteiger partial charge is 0.385 e. The van der Waals surface area contributed by atoms with Gasteiger partial charge in [0.15, 0.2) is 0 Å². The fourth-order valence-electron chi connectivity index (χ4n) is 3.16. The minimum atomic E-state index is 0.782. The maximum Gasteiger partial charge on any atom is 0.0462 e. The van der Waals surface area contributed by atoms with Crippen LogP contribution in [0, 0.1) is 0 Å². The molecule has 2 fully saturated rings. The molecule has 2 aliphatic rings. The molecule has 0 aliphatic carbocycles. The third-order valence-electron chi connectivity index (χ3n) is 4.04. The second kappa shape index (κ2) is 6.58. The minimum Gasteiger partial charge on any atom is -0.385 e. The number of nitrogens with zero attached hydrogens (tertiary/aromatic N) is 1. The standard InChI is InChI=1S/C13H26N2O/c1-16-11-4-2-3-8-14-12-7-10-15-9-5-6-13(12)15/h12-14H,2-11H2,1H3. The van der Waals surface area contributed by atoms with Crippen molar-refractivity contribution in [2.24, 2.45) is 0 Å². The molecule has 2 rings (SSSR count). The second-order valence-corrected chi connectivity index (χ2v) is 5.15. The molecule has 0 spiro atoms. The Hall–Kier alpha value is -0.120. The summed E-state index contributed by atoms with van der Waals surface area (Å²) in [5.41, 5.74) is 0. The fraction of sp³-hybridized carbons (Fsp3) is 1.00. The van der Waals surface area contributed by atoms with Crippen LogP contribution in [0.3, 0.4) is 0 Å². The molecule has 0 bridgehead atoms. The summed E-state index contributed by atoms with van der Waals surface area (Å²) in [5, 5.41) is 3.75. The van der Waals surface area contributed by atoms with Crippen molar-refractivity contribution in [3.63, 3.8) is 0 Å². The van der Waals surface area contributed by atoms with E-state index in [1.807, 2.05) is 0 Å². The predicted molar refractivity (Wildman–Crippen MR) is 66.7 cm³/mol. The van der Waals surface area contributed by atoms with Crippen molar-refractivity contribution < 1.29 is 4.74 Å². The van der Waals surface area contributed by atoms with Gasteiger partial charge in [-0.25, -0.2) is 0 Å². The van der Waals surface area contributed by atoms with Gasteiger partial charge in [0, 0.05) is 32.3 Å². The summed E-state index contributed by atoms with van der Waals surface area (Å²) in [4.78, 5) is 2.67. The third-order valence-corrected chi connectivity index (χ3v) is 4.04. The van der Waals surface area contributed by atoms with Crippen molar-refractivity contribution in [2.75, 3.05) is 33.4 Å². The second-order valence-electron chi connectivity index (χ2n) is 5.15. The number of unbranched alkanes of at least 4 members (excludes halogenated alkanes) is 2. The molecule has 2 saturated heterocycles. The lowest BCUT2D eigenvalue weighted by molar-refractivity contribution is 0.192. The number of methoxy groups -OCH3 is 1. The van der Waals surface area contributed by atoms with E-state index in [9.17, 15) is 0 Å². The first-order chi connectivity index (χ1) is 7.92. The lowest BCUT2D eigenvalue weighted by Gasteiger charge is -2.21. The Morgan fingerprint density at radius 2 is 2.12 bits per heavy atom. The molecule has 16 heavy (non-hydrogen) atoms. The van der Waals surface area contributed by atoms with Gasteiger partial charge in [-0.15, -0.1) is 0 Å². The van der Waals surface area contributed by atoms with Crippen LogP contribution < -0.4 is 5.32 Å². The van der Waals surface area contributed by atoms with Crippen LogP contribution in [0.15, 0.2) is 0 Å². The smallest absolute Gasteiger partial charge is 0.0462 e. The fourth-order valence-corrected chi connectivity index (χ4v) is 3.16. The van der Waals surface area contributed by atoms with Gasteiger partial charge in [-0.05, 0) is 51.6 Å². The summed E-state index contributed by atoms with van der Waals surface area (Å²) in [7, 11) is 1.78. The molecule has 2 unspecified atom stereocenters. The normalized spacial score (nSPS) is 29.8. The van der Waals surface area contributed by atoms with E-state index < -0.39 is 0 Å². The van der Waals surface area contributed by atoms with E-state index in [1.54, 1.807) is 7.11 Å². The molecule has 3 nitrogen and oxygen atoms in total. The molecule has 1 N–H and O–H groups in total. The summed E-state index contributed by atoms with van der Waals surface area (Å²) in [6, 6.07) is 1.64. The molecule has 0 amide bonds. The van der Waals surface area contributed by atoms with E-state index in [0.29, 0.717) is 0 Å². The topological polar surface area (TPSA) is 24.5 Å². The zero-order chi connectivity index (χ0) is 11.2. The number of hydrogen-bond acceptors (Lipinski definition) is 3. The SMILES string of the molecule is COCCCCCNC1CCN2CCCC12. The highest BCUT2D eigenvalue weighted by Crippen LogP contribution is 2.27. The van der Waals surface area contributed by atoms with Crippen LogP contribution in [0.5, 0.6) is 0 Å². The van der Waals surface area contributed by atoms with Crippen molar-refractivity contribution in [3.8, 4) is 0 Å². The monoisotopic (exact) mass is 226 g/mol. The number of rotatable bonds is 7. The predicted octanol–water partition coefficient (Wildman–Crippen LogP) is 1.63. The Labute approximate surface area is 99.5 Å². The van der Waals surface area contributed by atoms with Gasteiger partial charge in [-0.1, -0.05) is 0 Å². The summed E-state index contributed by atoms with van der Waals surface area (Å²) >= 11 is 0. The molecule has 0 aromatic rings. The Kier molecular flexibility index (Phi) is 5.07. The van der Waals surface area contributed by atoms with Crippen LogP contribution in [0.2, 0.25) is 0 Å². The maximum absolute atomic E-state index is 5.05. The first kappa shape index (κ1) is 12.3. The van der Waals surface area contributed by atoms with Crippen LogP contribution in [-0.2, 0) is 4.74 Å². The molecule has 2 heterocycles. The summed E-state index contributed by atoms with van der Waals surface area (Å²) in [6.45, 7) is 4.78. The first-order valence-corrected chi connectivity index (χ1v) is 6.88. The van der Waals surface area contributed by atoms with Crippen molar-refractivity contribution in [2.45, 2.75) is 50.6 Å². The Morgan fingerprint density at radius 1 is 1.19 bits per heavy atom. The van der Waals surface area contributed by atoms with Crippen LogP contribution in [0.1, 0.15) is 38.5 Å². The molecule has 0 saturated carbocycles. The lowest BCUT2D eigenvalue weighted by Crippen LogP contribution is -2.39. The van der Waals surface area contributed by atoms with Gasteiger partial charge in [0.05, 0.1) is 0 Å². The molecule has 2 aliphatic heterocycles. The van der Waals surface area contributed by atoms with E-state index in [2.05, 4.69) is 10.2 Å². The number of nitrogens with one attached hydrogen (secondary N) is 1. The van der Waals surface area contributed by atoms with Crippen LogP contribution in [-0.4, -0.2) is 50.3 Å². The molecule has 3 heteroatoms. The van der Waals surface area contributed by atoms with Crippen LogP contribution >= 0.6 is 0 Å². The average molecular weight is 226 g/mol. The van der Waals surface area contributed by atoms with Crippen LogP contribution in [0.25, 0.3) is 0 Å². The molecular weight excluding hydrogens is 200 g/mol. The van der Waals surface area contributed by atoms with Crippen LogP contribution in [0.4, 0.5) is 0 Å². The highest BCUT2D eigenvalue weighted by molar-refractivity contribution is 4.95. The molecule has 0 radical (unpaired) electrons. The third kappa shape index (κ3) is 3.19. The molecule has 0 aromatic carbocycles. The first-order valence-electron chi connectivity index (χ1n) is 6.88. The van der Waals surface area contributed by atoms with E-state index in [-0.39, 0.29) is 0 Å². The lowest BCUT2D eigenvalue weighted by atomic mass is 10.1. The summed E-state index contributed by atoms with van der Waals surface area (Å²) in [5.74, 6) is 0. The van der Waals surface area contributed by atoms with E-state index in [0.717, 1.165) is 18.7 Å². The molecule has 2 atom stereocenters. The van der Waals surface area contributed by atoms with Gasteiger partial charge in [0.2, 0.25) is 0 Å². The molecule has 0 aromatic heterocycles. The Morgan fingerprint density at radius 3 is 3.00 bits per heavy atom. The van der Waals surface area contributed by atoms with E-state index >= 15 is 0 Å². The van der Waals surface area contributed by atoms with Crippen molar-refractivity contribution in [1.29, 1.82) is 0 Å². The number of hydrogen-bond donors (Lipinski definition) is 1. The van der Waals surface area contributed by atoms with Gasteiger partial charge >= 0.3 is 0 Å². The van der Waals surface area contributed by atoms with Gasteiger partial charge in [-0.2, -0.15) is 0 Å². The number of ether oxygens (including phenoxy) is 1. The Bertz CT molecular complexity index is 198. The maximum atomic E-state index is 5.05. The summed E-state index contributed by atoms with van der Waals surface area (Å²) in [6.07, 6.45) is 7.99. The number of fused-ring (bicyclic) bond motifs is 1. The zero-order valence-corrected chi connectivity index (χ0v) is 10.6. The quantitative estimate of drug-likeness (QED) is 0.668. The summed E-state index contributed by atoms with van der Waals surface area (Å²) < 4.78 is 5.05. The van der Waals surface area contributed by atoms with Gasteiger partial charge < -0.3 is 10.1 Å². The van der Waals surface area contributed by atoms with Gasteiger partial charge in [0.25, 0.3) is 0 Å². The molecular formula is C13H26N2O. The molecule has 94 valence electrons. The Balaban J connectivity index is 1.53. The van der Waals surface area contributed by atoms with Gasteiger partial charge in [0.1, 0.15) is 0 Å².